The third-order valence-electron chi connectivity index (χ3n) is 2.54. The van der Waals surface area contributed by atoms with Crippen LogP contribution in [0.25, 0.3) is 0 Å². The molecule has 0 aliphatic rings. The molecular formula is C12H11BrClNO4S. The normalized spacial score (nSPS) is 11.6. The highest BCUT2D eigenvalue weighted by Gasteiger charge is 2.22. The first-order valence-corrected chi connectivity index (χ1v) is 8.17. The van der Waals surface area contributed by atoms with Crippen molar-refractivity contribution in [3.63, 3.8) is 0 Å². The minimum absolute atomic E-state index is 0.0200. The van der Waals surface area contributed by atoms with Gasteiger partial charge in [0.1, 0.15) is 23.0 Å². The van der Waals surface area contributed by atoms with Gasteiger partial charge in [-0.05, 0) is 41.1 Å². The van der Waals surface area contributed by atoms with Crippen molar-refractivity contribution in [3.05, 3.63) is 45.3 Å². The van der Waals surface area contributed by atoms with E-state index < -0.39 is 10.0 Å². The zero-order chi connectivity index (χ0) is 14.9. The van der Waals surface area contributed by atoms with Gasteiger partial charge in [-0.25, -0.2) is 8.42 Å². The van der Waals surface area contributed by atoms with Crippen molar-refractivity contribution in [2.45, 2.75) is 18.4 Å². The summed E-state index contributed by atoms with van der Waals surface area (Å²) in [7, 11) is -3.82. The van der Waals surface area contributed by atoms with Gasteiger partial charge in [0, 0.05) is 15.6 Å². The van der Waals surface area contributed by atoms with Gasteiger partial charge in [0.25, 0.3) is 10.0 Å². The highest BCUT2D eigenvalue weighted by Crippen LogP contribution is 2.29. The molecule has 0 radical (unpaired) electrons. The molecule has 1 aromatic heterocycles. The second-order valence-electron chi connectivity index (χ2n) is 4.02. The van der Waals surface area contributed by atoms with E-state index in [1.807, 2.05) is 0 Å². The monoisotopic (exact) mass is 379 g/mol. The largest absolute Gasteiger partial charge is 0.462 e. The number of hydrogen-bond donors (Lipinski definition) is 2. The van der Waals surface area contributed by atoms with Crippen molar-refractivity contribution in [2.75, 3.05) is 4.72 Å². The molecule has 0 saturated carbocycles. The van der Waals surface area contributed by atoms with E-state index in [0.717, 1.165) is 0 Å². The lowest BCUT2D eigenvalue weighted by Crippen LogP contribution is -2.13. The summed E-state index contributed by atoms with van der Waals surface area (Å²) in [4.78, 5) is -0.0200. The molecular weight excluding hydrogens is 370 g/mol. The molecule has 0 aliphatic heterocycles. The Balaban J connectivity index is 2.40. The van der Waals surface area contributed by atoms with Crippen LogP contribution in [0.15, 0.2) is 38.1 Å². The third-order valence-corrected chi connectivity index (χ3v) is 4.94. The van der Waals surface area contributed by atoms with E-state index in [1.165, 1.54) is 19.1 Å². The Morgan fingerprint density at radius 3 is 2.70 bits per heavy atom. The molecule has 0 unspecified atom stereocenters. The second-order valence-corrected chi connectivity index (χ2v) is 6.96. The highest BCUT2D eigenvalue weighted by molar-refractivity contribution is 9.10. The first kappa shape index (κ1) is 15.4. The van der Waals surface area contributed by atoms with Gasteiger partial charge in [0.15, 0.2) is 0 Å². The molecule has 2 rings (SSSR count). The number of furan rings is 1. The maximum Gasteiger partial charge on any atom is 0.265 e. The average Bonchev–Trinajstić information content (AvgIpc) is 2.76. The predicted octanol–water partition coefficient (Wildman–Crippen LogP) is 3.30. The number of aliphatic hydroxyl groups is 1. The quantitative estimate of drug-likeness (QED) is 0.853. The van der Waals surface area contributed by atoms with Crippen LogP contribution in [0, 0.1) is 6.92 Å². The fourth-order valence-electron chi connectivity index (χ4n) is 1.64. The molecule has 1 aromatic carbocycles. The van der Waals surface area contributed by atoms with Gasteiger partial charge in [0.2, 0.25) is 0 Å². The Morgan fingerprint density at radius 2 is 2.10 bits per heavy atom. The summed E-state index contributed by atoms with van der Waals surface area (Å²) < 4.78 is 32.7. The molecule has 5 nitrogen and oxygen atoms in total. The molecule has 0 atom stereocenters. The van der Waals surface area contributed by atoms with Gasteiger partial charge in [-0.2, -0.15) is 0 Å². The fourth-order valence-corrected chi connectivity index (χ4v) is 3.57. The molecule has 0 fully saturated rings. The van der Waals surface area contributed by atoms with E-state index in [0.29, 0.717) is 15.2 Å². The first-order valence-electron chi connectivity index (χ1n) is 5.51. The third kappa shape index (κ3) is 3.17. The van der Waals surface area contributed by atoms with E-state index in [4.69, 9.17) is 21.1 Å². The molecule has 2 aromatic rings. The molecule has 2 N–H and O–H groups in total. The van der Waals surface area contributed by atoms with Crippen LogP contribution < -0.4 is 4.72 Å². The summed E-state index contributed by atoms with van der Waals surface area (Å²) >= 11 is 9.09. The summed E-state index contributed by atoms with van der Waals surface area (Å²) in [6, 6.07) is 6.06. The first-order chi connectivity index (χ1) is 9.33. The number of aliphatic hydroxyl groups excluding tert-OH is 1. The van der Waals surface area contributed by atoms with Crippen molar-refractivity contribution < 1.29 is 17.9 Å². The van der Waals surface area contributed by atoms with Crippen LogP contribution in [0.5, 0.6) is 0 Å². The zero-order valence-electron chi connectivity index (χ0n) is 10.4. The molecule has 0 saturated heterocycles. The van der Waals surface area contributed by atoms with Crippen molar-refractivity contribution in [1.82, 2.24) is 0 Å². The molecule has 0 bridgehead atoms. The van der Waals surface area contributed by atoms with Crippen molar-refractivity contribution in [3.8, 4) is 0 Å². The zero-order valence-corrected chi connectivity index (χ0v) is 13.5. The number of nitrogens with one attached hydrogen (secondary N) is 1. The van der Waals surface area contributed by atoms with E-state index in [9.17, 15) is 8.42 Å². The summed E-state index contributed by atoms with van der Waals surface area (Å²) in [5, 5.41) is 9.39. The highest BCUT2D eigenvalue weighted by atomic mass is 79.9. The molecule has 8 heteroatoms. The van der Waals surface area contributed by atoms with E-state index in [1.54, 1.807) is 12.1 Å². The van der Waals surface area contributed by atoms with Crippen LogP contribution in [0.1, 0.15) is 11.5 Å². The number of anilines is 1. The topological polar surface area (TPSA) is 79.5 Å². The average molecular weight is 381 g/mol. The lowest BCUT2D eigenvalue weighted by molar-refractivity contribution is 0.245. The van der Waals surface area contributed by atoms with Crippen LogP contribution in [0.4, 0.5) is 5.69 Å². The van der Waals surface area contributed by atoms with Gasteiger partial charge in [0.05, 0.1) is 5.69 Å². The number of rotatable bonds is 4. The standard InChI is InChI=1S/C12H11BrClNO4S/c1-7-12(5-9(6-16)19-7)20(17,18)15-11-4-8(14)2-3-10(11)13/h2-5,15-16H,6H2,1H3. The van der Waals surface area contributed by atoms with Gasteiger partial charge >= 0.3 is 0 Å². The van der Waals surface area contributed by atoms with E-state index >= 15 is 0 Å². The maximum atomic E-state index is 12.3. The van der Waals surface area contributed by atoms with Gasteiger partial charge in [-0.1, -0.05) is 11.6 Å². The maximum absolute atomic E-state index is 12.3. The minimum Gasteiger partial charge on any atom is -0.462 e. The number of sulfonamides is 1. The molecule has 0 aliphatic carbocycles. The number of halogens is 2. The van der Waals surface area contributed by atoms with Crippen LogP contribution in [0.2, 0.25) is 5.02 Å². The summed E-state index contributed by atoms with van der Waals surface area (Å²) in [5.41, 5.74) is 0.323. The van der Waals surface area contributed by atoms with Crippen molar-refractivity contribution in [2.24, 2.45) is 0 Å². The van der Waals surface area contributed by atoms with Crippen molar-refractivity contribution in [1.29, 1.82) is 0 Å². The molecule has 108 valence electrons. The lowest BCUT2D eigenvalue weighted by atomic mass is 10.3. The predicted molar refractivity (Wildman–Crippen MR) is 79.3 cm³/mol. The van der Waals surface area contributed by atoms with Crippen LogP contribution in [0.3, 0.4) is 0 Å². The smallest absolute Gasteiger partial charge is 0.265 e. The molecule has 0 spiro atoms. The number of hydrogen-bond acceptors (Lipinski definition) is 4. The SMILES string of the molecule is Cc1oc(CO)cc1S(=O)(=O)Nc1cc(Cl)ccc1Br. The Bertz CT molecular complexity index is 742. The van der Waals surface area contributed by atoms with E-state index in [-0.39, 0.29) is 23.0 Å². The Morgan fingerprint density at radius 1 is 1.40 bits per heavy atom. The Kier molecular flexibility index (Phi) is 4.43. The van der Waals surface area contributed by atoms with Gasteiger partial charge < -0.3 is 9.52 Å². The van der Waals surface area contributed by atoms with E-state index in [2.05, 4.69) is 20.7 Å². The molecule has 1 heterocycles. The summed E-state index contributed by atoms with van der Waals surface area (Å²) in [6.45, 7) is 1.15. The van der Waals surface area contributed by atoms with Crippen LogP contribution in [-0.4, -0.2) is 13.5 Å². The minimum atomic E-state index is -3.82. The van der Waals surface area contributed by atoms with Gasteiger partial charge in [-0.15, -0.1) is 0 Å². The number of benzene rings is 1. The Hall–Kier alpha value is -1.02. The summed E-state index contributed by atoms with van der Waals surface area (Å²) in [5.74, 6) is 0.396. The number of aryl methyl sites for hydroxylation is 1. The fraction of sp³-hybridized carbons (Fsp3) is 0.167. The summed E-state index contributed by atoms with van der Waals surface area (Å²) in [6.07, 6.45) is 0. The molecule has 0 amide bonds. The van der Waals surface area contributed by atoms with Crippen LogP contribution in [-0.2, 0) is 16.6 Å². The Labute approximate surface area is 129 Å². The molecule has 20 heavy (non-hydrogen) atoms. The van der Waals surface area contributed by atoms with Crippen LogP contribution >= 0.6 is 27.5 Å². The van der Waals surface area contributed by atoms with Crippen molar-refractivity contribution >= 4 is 43.2 Å². The van der Waals surface area contributed by atoms with Gasteiger partial charge in [-0.3, -0.25) is 4.72 Å². The second kappa shape index (κ2) is 5.77. The lowest BCUT2D eigenvalue weighted by Gasteiger charge is -2.09.